The molecule has 1 fully saturated rings. The average Bonchev–Trinajstić information content (AvgIpc) is 3.25. The monoisotopic (exact) mass is 399 g/mol. The Balaban J connectivity index is 1.40. The normalized spacial score (nSPS) is 17.2. The maximum atomic E-state index is 12.7. The minimum Gasteiger partial charge on any atom is -0.487 e. The van der Waals surface area contributed by atoms with Crippen LogP contribution in [0.5, 0.6) is 5.75 Å². The number of carbonyl (C=O) groups excluding carboxylic acids is 1. The van der Waals surface area contributed by atoms with E-state index in [0.717, 1.165) is 39.7 Å². The molecule has 1 atom stereocenters. The number of hydrogen-bond acceptors (Lipinski definition) is 3. The predicted molar refractivity (Wildman–Crippen MR) is 99.6 cm³/mol. The minimum atomic E-state index is 0.0191. The van der Waals surface area contributed by atoms with E-state index in [1.807, 2.05) is 41.4 Å². The molecule has 0 spiro atoms. The summed E-state index contributed by atoms with van der Waals surface area (Å²) in [4.78, 5) is 21.8. The van der Waals surface area contributed by atoms with E-state index in [1.165, 1.54) is 0 Å². The topological polar surface area (TPSA) is 58.2 Å². The molecule has 1 saturated heterocycles. The summed E-state index contributed by atoms with van der Waals surface area (Å²) in [5.74, 6) is 0.913. The fourth-order valence-electron chi connectivity index (χ4n) is 3.24. The highest BCUT2D eigenvalue weighted by Gasteiger charge is 2.28. The number of carbonyl (C=O) groups is 1. The van der Waals surface area contributed by atoms with Crippen molar-refractivity contribution < 1.29 is 9.53 Å². The molecule has 25 heavy (non-hydrogen) atoms. The molecule has 3 heterocycles. The van der Waals surface area contributed by atoms with E-state index < -0.39 is 0 Å². The number of nitrogens with one attached hydrogen (secondary N) is 1. The van der Waals surface area contributed by atoms with E-state index in [1.54, 1.807) is 12.4 Å². The summed E-state index contributed by atoms with van der Waals surface area (Å²) >= 11 is 3.44. The van der Waals surface area contributed by atoms with Crippen molar-refractivity contribution in [3.05, 3.63) is 59.0 Å². The summed E-state index contributed by atoms with van der Waals surface area (Å²) in [6.45, 7) is 1.35. The van der Waals surface area contributed by atoms with Crippen LogP contribution in [0.1, 0.15) is 12.0 Å². The van der Waals surface area contributed by atoms with Gasteiger partial charge >= 0.3 is 0 Å². The van der Waals surface area contributed by atoms with Crippen LogP contribution >= 0.6 is 15.9 Å². The molecule has 1 aliphatic heterocycles. The Morgan fingerprint density at radius 3 is 3.12 bits per heavy atom. The number of para-hydroxylation sites is 1. The van der Waals surface area contributed by atoms with E-state index in [2.05, 4.69) is 25.9 Å². The Morgan fingerprint density at radius 2 is 2.24 bits per heavy atom. The van der Waals surface area contributed by atoms with Gasteiger partial charge in [0.15, 0.2) is 0 Å². The summed E-state index contributed by atoms with van der Waals surface area (Å²) in [7, 11) is 0. The van der Waals surface area contributed by atoms with Gasteiger partial charge in [-0.3, -0.25) is 9.78 Å². The highest BCUT2D eigenvalue weighted by atomic mass is 79.9. The van der Waals surface area contributed by atoms with Crippen LogP contribution in [0.3, 0.4) is 0 Å². The first-order valence-electron chi connectivity index (χ1n) is 8.29. The summed E-state index contributed by atoms with van der Waals surface area (Å²) < 4.78 is 6.84. The molecule has 1 amide bonds. The third kappa shape index (κ3) is 3.39. The van der Waals surface area contributed by atoms with Crippen molar-refractivity contribution in [1.82, 2.24) is 14.9 Å². The van der Waals surface area contributed by atoms with Gasteiger partial charge in [-0.2, -0.15) is 0 Å². The number of ether oxygens (including phenoxy) is 1. The molecule has 0 radical (unpaired) electrons. The Morgan fingerprint density at radius 1 is 1.36 bits per heavy atom. The van der Waals surface area contributed by atoms with Gasteiger partial charge in [-0.1, -0.05) is 18.2 Å². The maximum absolute atomic E-state index is 12.7. The molecule has 1 unspecified atom stereocenters. The molecule has 0 saturated carbocycles. The number of rotatable bonds is 4. The van der Waals surface area contributed by atoms with Gasteiger partial charge in [-0.05, 0) is 33.6 Å². The van der Waals surface area contributed by atoms with Crippen molar-refractivity contribution >= 4 is 32.7 Å². The first kappa shape index (κ1) is 16.1. The summed E-state index contributed by atoms with van der Waals surface area (Å²) in [5, 5.41) is 1.11. The lowest BCUT2D eigenvalue weighted by atomic mass is 10.1. The van der Waals surface area contributed by atoms with Crippen LogP contribution in [0.4, 0.5) is 0 Å². The second-order valence-corrected chi connectivity index (χ2v) is 7.06. The smallest absolute Gasteiger partial charge is 0.227 e. The lowest BCUT2D eigenvalue weighted by Gasteiger charge is -2.17. The van der Waals surface area contributed by atoms with Crippen LogP contribution in [-0.2, 0) is 11.2 Å². The molecule has 3 aromatic rings. The molecule has 6 heteroatoms. The van der Waals surface area contributed by atoms with Crippen molar-refractivity contribution in [2.24, 2.45) is 0 Å². The second kappa shape index (κ2) is 6.88. The Kier molecular flexibility index (Phi) is 4.44. The molecular formula is C19H18BrN3O2. The number of nitrogens with zero attached hydrogens (tertiary/aromatic N) is 2. The van der Waals surface area contributed by atoms with Crippen molar-refractivity contribution in [2.75, 3.05) is 13.1 Å². The first-order chi connectivity index (χ1) is 12.2. The number of amides is 1. The molecule has 5 nitrogen and oxygen atoms in total. The molecule has 1 aromatic carbocycles. The van der Waals surface area contributed by atoms with Gasteiger partial charge in [-0.25, -0.2) is 0 Å². The highest BCUT2D eigenvalue weighted by molar-refractivity contribution is 9.10. The third-order valence-electron chi connectivity index (χ3n) is 4.54. The van der Waals surface area contributed by atoms with Crippen LogP contribution < -0.4 is 4.74 Å². The minimum absolute atomic E-state index is 0.0191. The largest absolute Gasteiger partial charge is 0.487 e. The molecule has 1 N–H and O–H groups in total. The van der Waals surface area contributed by atoms with Crippen LogP contribution in [0.25, 0.3) is 10.9 Å². The van der Waals surface area contributed by atoms with Gasteiger partial charge in [0.25, 0.3) is 0 Å². The number of hydrogen-bond donors (Lipinski definition) is 1. The van der Waals surface area contributed by atoms with E-state index in [0.29, 0.717) is 13.0 Å². The SMILES string of the molecule is O=C(Cc1c[nH]c2ccccc12)N1CCC(Oc2ccncc2Br)C1. The molecular weight excluding hydrogens is 382 g/mol. The predicted octanol–water partition coefficient (Wildman–Crippen LogP) is 3.55. The molecule has 4 rings (SSSR count). The third-order valence-corrected chi connectivity index (χ3v) is 5.14. The van der Waals surface area contributed by atoms with Crippen molar-refractivity contribution in [3.63, 3.8) is 0 Å². The summed E-state index contributed by atoms with van der Waals surface area (Å²) in [6, 6.07) is 9.89. The van der Waals surface area contributed by atoms with Crippen molar-refractivity contribution in [2.45, 2.75) is 18.9 Å². The Labute approximate surface area is 154 Å². The molecule has 1 aliphatic rings. The van der Waals surface area contributed by atoms with Gasteiger partial charge in [0.2, 0.25) is 5.91 Å². The van der Waals surface area contributed by atoms with Gasteiger partial charge in [0.1, 0.15) is 11.9 Å². The number of pyridine rings is 1. The first-order valence-corrected chi connectivity index (χ1v) is 9.09. The zero-order valence-electron chi connectivity index (χ0n) is 13.6. The number of aromatic nitrogens is 2. The fourth-order valence-corrected chi connectivity index (χ4v) is 3.58. The molecule has 2 aromatic heterocycles. The quantitative estimate of drug-likeness (QED) is 0.729. The zero-order chi connectivity index (χ0) is 17.2. The lowest BCUT2D eigenvalue weighted by molar-refractivity contribution is -0.129. The maximum Gasteiger partial charge on any atom is 0.227 e. The van der Waals surface area contributed by atoms with E-state index in [4.69, 9.17) is 4.74 Å². The highest BCUT2D eigenvalue weighted by Crippen LogP contribution is 2.26. The zero-order valence-corrected chi connectivity index (χ0v) is 15.2. The molecule has 0 bridgehead atoms. The second-order valence-electron chi connectivity index (χ2n) is 6.21. The fraction of sp³-hybridized carbons (Fsp3) is 0.263. The number of H-pyrrole nitrogens is 1. The van der Waals surface area contributed by atoms with Gasteiger partial charge in [0, 0.05) is 42.5 Å². The van der Waals surface area contributed by atoms with E-state index in [9.17, 15) is 4.79 Å². The standard InChI is InChI=1S/C19H18BrN3O2/c20-16-11-21-7-5-18(16)25-14-6-8-23(12-14)19(24)9-13-10-22-17-4-2-1-3-15(13)17/h1-5,7,10-11,14,22H,6,8-9,12H2. The Bertz CT molecular complexity index is 908. The van der Waals surface area contributed by atoms with Crippen LogP contribution in [0, 0.1) is 0 Å². The van der Waals surface area contributed by atoms with Gasteiger partial charge in [-0.15, -0.1) is 0 Å². The number of halogens is 1. The number of benzene rings is 1. The van der Waals surface area contributed by atoms with Crippen molar-refractivity contribution in [1.29, 1.82) is 0 Å². The van der Waals surface area contributed by atoms with E-state index in [-0.39, 0.29) is 12.0 Å². The van der Waals surface area contributed by atoms with E-state index >= 15 is 0 Å². The summed E-state index contributed by atoms with van der Waals surface area (Å²) in [5.41, 5.74) is 2.11. The lowest BCUT2D eigenvalue weighted by Crippen LogP contribution is -2.32. The van der Waals surface area contributed by atoms with Crippen LogP contribution in [0.2, 0.25) is 0 Å². The van der Waals surface area contributed by atoms with Crippen molar-refractivity contribution in [3.8, 4) is 5.75 Å². The number of likely N-dealkylation sites (tertiary alicyclic amines) is 1. The molecule has 128 valence electrons. The molecule has 0 aliphatic carbocycles. The van der Waals surface area contributed by atoms with Crippen LogP contribution in [0.15, 0.2) is 53.4 Å². The number of fused-ring (bicyclic) bond motifs is 1. The van der Waals surface area contributed by atoms with Gasteiger partial charge in [0.05, 0.1) is 17.4 Å². The number of aromatic amines is 1. The summed E-state index contributed by atoms with van der Waals surface area (Å²) in [6.07, 6.45) is 6.62. The van der Waals surface area contributed by atoms with Gasteiger partial charge < -0.3 is 14.6 Å². The van der Waals surface area contributed by atoms with Crippen LogP contribution in [-0.4, -0.2) is 40.0 Å². The average molecular weight is 400 g/mol. The Hall–Kier alpha value is -2.34.